The molecule has 9 heteroatoms. The van der Waals surface area contributed by atoms with Gasteiger partial charge in [-0.15, -0.1) is 0 Å². The average molecular weight is 346 g/mol. The monoisotopic (exact) mass is 346 g/mol. The van der Waals surface area contributed by atoms with Gasteiger partial charge in [-0.1, -0.05) is 23.9 Å². The number of aromatic nitrogens is 4. The zero-order valence-electron chi connectivity index (χ0n) is 12.4. The maximum atomic E-state index is 12.9. The summed E-state index contributed by atoms with van der Waals surface area (Å²) in [4.78, 5) is 12.5. The Labute approximate surface area is 141 Å². The summed E-state index contributed by atoms with van der Waals surface area (Å²) in [6, 6.07) is 6.56. The molecule has 0 unspecified atom stereocenters. The first-order chi connectivity index (χ1) is 11.4. The van der Waals surface area contributed by atoms with Crippen molar-refractivity contribution in [2.24, 2.45) is 0 Å². The number of thioether (sulfide) groups is 1. The van der Waals surface area contributed by atoms with E-state index >= 15 is 0 Å². The number of hydrogen-bond donors (Lipinski definition) is 0. The SMILES string of the molecule is [B]c1cn(-c2ccnc(SC)n2)c(-c2cccc(C(F)(F)F)c2)n1. The highest BCUT2D eigenvalue weighted by atomic mass is 32.2. The van der Waals surface area contributed by atoms with E-state index in [9.17, 15) is 13.2 Å². The van der Waals surface area contributed by atoms with Crippen molar-refractivity contribution < 1.29 is 13.2 Å². The van der Waals surface area contributed by atoms with Crippen LogP contribution in [0.4, 0.5) is 13.2 Å². The Balaban J connectivity index is 2.13. The van der Waals surface area contributed by atoms with Crippen molar-refractivity contribution in [2.45, 2.75) is 11.3 Å². The van der Waals surface area contributed by atoms with Crippen LogP contribution in [0.5, 0.6) is 0 Å². The highest BCUT2D eigenvalue weighted by Crippen LogP contribution is 2.32. The Morgan fingerprint density at radius 3 is 2.67 bits per heavy atom. The van der Waals surface area contributed by atoms with Gasteiger partial charge in [0.15, 0.2) is 5.16 Å². The number of rotatable bonds is 3. The predicted molar refractivity (Wildman–Crippen MR) is 86.8 cm³/mol. The molecule has 0 bridgehead atoms. The van der Waals surface area contributed by atoms with E-state index in [4.69, 9.17) is 7.85 Å². The van der Waals surface area contributed by atoms with Crippen LogP contribution in [0.3, 0.4) is 0 Å². The summed E-state index contributed by atoms with van der Waals surface area (Å²) >= 11 is 1.36. The Bertz CT molecular complexity index is 879. The van der Waals surface area contributed by atoms with Crippen LogP contribution in [0.15, 0.2) is 47.9 Å². The van der Waals surface area contributed by atoms with Crippen molar-refractivity contribution in [3.8, 4) is 17.2 Å². The van der Waals surface area contributed by atoms with Gasteiger partial charge in [0.1, 0.15) is 19.5 Å². The zero-order chi connectivity index (χ0) is 17.3. The lowest BCUT2D eigenvalue weighted by molar-refractivity contribution is -0.137. The second kappa shape index (κ2) is 6.31. The van der Waals surface area contributed by atoms with Crippen molar-refractivity contribution in [3.63, 3.8) is 0 Å². The fourth-order valence-electron chi connectivity index (χ4n) is 2.18. The molecule has 0 N–H and O–H groups in total. The third-order valence-corrected chi connectivity index (χ3v) is 3.78. The van der Waals surface area contributed by atoms with E-state index in [1.165, 1.54) is 24.0 Å². The molecule has 0 saturated heterocycles. The standard InChI is InChI=1S/C15H10BF3N4S/c1-24-14-20-6-5-12(22-14)23-8-11(16)21-13(23)9-3-2-4-10(7-9)15(17,18)19/h2-8H,1H3. The topological polar surface area (TPSA) is 43.6 Å². The number of hydrogen-bond acceptors (Lipinski definition) is 4. The molecular formula is C15H10BF3N4S. The van der Waals surface area contributed by atoms with E-state index in [-0.39, 0.29) is 11.4 Å². The van der Waals surface area contributed by atoms with Crippen molar-refractivity contribution in [2.75, 3.05) is 6.26 Å². The second-order valence-corrected chi connectivity index (χ2v) is 5.61. The lowest BCUT2D eigenvalue weighted by Crippen LogP contribution is -2.06. The summed E-state index contributed by atoms with van der Waals surface area (Å²) < 4.78 is 40.4. The Hall–Kier alpha value is -2.29. The third kappa shape index (κ3) is 3.30. The Kier molecular flexibility index (Phi) is 4.36. The molecule has 24 heavy (non-hydrogen) atoms. The molecule has 0 saturated carbocycles. The lowest BCUT2D eigenvalue weighted by Gasteiger charge is -2.10. The summed E-state index contributed by atoms with van der Waals surface area (Å²) in [5, 5.41) is 0.537. The van der Waals surface area contributed by atoms with Crippen LogP contribution in [0, 0.1) is 0 Å². The van der Waals surface area contributed by atoms with Crippen LogP contribution in [-0.4, -0.2) is 33.6 Å². The van der Waals surface area contributed by atoms with Crippen molar-refractivity contribution in [1.82, 2.24) is 19.5 Å². The summed E-state index contributed by atoms with van der Waals surface area (Å²) in [6.45, 7) is 0. The fourth-order valence-corrected chi connectivity index (χ4v) is 2.53. The molecule has 2 radical (unpaired) electrons. The predicted octanol–water partition coefficient (Wildman–Crippen LogP) is 2.86. The number of benzene rings is 1. The van der Waals surface area contributed by atoms with Crippen LogP contribution >= 0.6 is 11.8 Å². The molecule has 2 aromatic heterocycles. The lowest BCUT2D eigenvalue weighted by atomic mass is 10.1. The van der Waals surface area contributed by atoms with Gasteiger partial charge in [-0.05, 0) is 24.5 Å². The zero-order valence-corrected chi connectivity index (χ0v) is 13.3. The smallest absolute Gasteiger partial charge is 0.284 e. The molecule has 2 heterocycles. The molecule has 4 nitrogen and oxygen atoms in total. The normalized spacial score (nSPS) is 11.7. The molecule has 0 aliphatic rings. The summed E-state index contributed by atoms with van der Waals surface area (Å²) in [5.74, 6) is 0.760. The first kappa shape index (κ1) is 16.6. The minimum absolute atomic E-state index is 0.187. The molecular weight excluding hydrogens is 336 g/mol. The number of halogens is 3. The number of nitrogens with zero attached hydrogens (tertiary/aromatic N) is 4. The van der Waals surface area contributed by atoms with E-state index in [1.54, 1.807) is 22.9 Å². The molecule has 3 rings (SSSR count). The van der Waals surface area contributed by atoms with Crippen LogP contribution in [0.25, 0.3) is 17.2 Å². The first-order valence-corrected chi connectivity index (χ1v) is 8.01. The highest BCUT2D eigenvalue weighted by molar-refractivity contribution is 7.98. The second-order valence-electron chi connectivity index (χ2n) is 4.84. The molecule has 1 aromatic carbocycles. The molecule has 3 aromatic rings. The van der Waals surface area contributed by atoms with Gasteiger partial charge in [0.25, 0.3) is 0 Å². The van der Waals surface area contributed by atoms with Gasteiger partial charge in [0.2, 0.25) is 0 Å². The molecule has 0 aliphatic heterocycles. The number of alkyl halides is 3. The Morgan fingerprint density at radius 2 is 1.96 bits per heavy atom. The van der Waals surface area contributed by atoms with Crippen molar-refractivity contribution in [1.29, 1.82) is 0 Å². The quantitative estimate of drug-likeness (QED) is 0.416. The van der Waals surface area contributed by atoms with Crippen molar-refractivity contribution in [3.05, 3.63) is 48.3 Å². The third-order valence-electron chi connectivity index (χ3n) is 3.22. The largest absolute Gasteiger partial charge is 0.416 e. The summed E-state index contributed by atoms with van der Waals surface area (Å²) in [7, 11) is 5.75. The molecule has 0 spiro atoms. The van der Waals surface area contributed by atoms with Gasteiger partial charge in [-0.3, -0.25) is 4.57 Å². The Morgan fingerprint density at radius 1 is 1.17 bits per heavy atom. The van der Waals surface area contributed by atoms with Gasteiger partial charge in [0.05, 0.1) is 5.56 Å². The summed E-state index contributed by atoms with van der Waals surface area (Å²) in [5.41, 5.74) is -0.266. The van der Waals surface area contributed by atoms with Crippen LogP contribution in [0.1, 0.15) is 5.56 Å². The molecule has 0 atom stereocenters. The summed E-state index contributed by atoms with van der Waals surface area (Å²) in [6.07, 6.45) is 0.483. The minimum Gasteiger partial charge on any atom is -0.284 e. The molecule has 0 aliphatic carbocycles. The van der Waals surface area contributed by atoms with E-state index in [0.29, 0.717) is 16.5 Å². The average Bonchev–Trinajstić information content (AvgIpc) is 2.96. The maximum absolute atomic E-state index is 12.9. The van der Waals surface area contributed by atoms with Gasteiger partial charge in [-0.2, -0.15) is 13.2 Å². The fraction of sp³-hybridized carbons (Fsp3) is 0.133. The van der Waals surface area contributed by atoms with E-state index in [2.05, 4.69) is 15.0 Å². The van der Waals surface area contributed by atoms with Crippen LogP contribution in [-0.2, 0) is 6.18 Å². The van der Waals surface area contributed by atoms with Gasteiger partial charge >= 0.3 is 6.18 Å². The molecule has 0 fully saturated rings. The van der Waals surface area contributed by atoms with Crippen molar-refractivity contribution >= 4 is 25.2 Å². The van der Waals surface area contributed by atoms with E-state index in [1.807, 2.05) is 6.26 Å². The molecule has 0 amide bonds. The minimum atomic E-state index is -4.43. The number of imidazole rings is 1. The van der Waals surface area contributed by atoms with E-state index in [0.717, 1.165) is 12.1 Å². The van der Waals surface area contributed by atoms with Gasteiger partial charge in [-0.25, -0.2) is 15.0 Å². The first-order valence-electron chi connectivity index (χ1n) is 6.78. The highest BCUT2D eigenvalue weighted by Gasteiger charge is 2.30. The van der Waals surface area contributed by atoms with Crippen LogP contribution < -0.4 is 5.59 Å². The maximum Gasteiger partial charge on any atom is 0.416 e. The van der Waals surface area contributed by atoms with Gasteiger partial charge < -0.3 is 0 Å². The van der Waals surface area contributed by atoms with Crippen LogP contribution in [0.2, 0.25) is 0 Å². The van der Waals surface area contributed by atoms with Gasteiger partial charge in [0, 0.05) is 23.6 Å². The van der Waals surface area contributed by atoms with E-state index < -0.39 is 11.7 Å². The molecule has 120 valence electrons.